The van der Waals surface area contributed by atoms with Crippen LogP contribution in [0, 0.1) is 6.92 Å². The summed E-state index contributed by atoms with van der Waals surface area (Å²) in [5.74, 6) is -0.737. The Kier molecular flexibility index (Phi) is 5.17. The average Bonchev–Trinajstić information content (AvgIpc) is 2.25. The molecule has 112 valence electrons. The van der Waals surface area contributed by atoms with Gasteiger partial charge in [-0.3, -0.25) is 4.79 Å². The number of rotatable bonds is 5. The van der Waals surface area contributed by atoms with Crippen molar-refractivity contribution in [1.29, 1.82) is 0 Å². The van der Waals surface area contributed by atoms with Gasteiger partial charge in [-0.25, -0.2) is 16.8 Å². The predicted molar refractivity (Wildman–Crippen MR) is 76.3 cm³/mol. The molecule has 0 spiro atoms. The second-order valence-corrected chi connectivity index (χ2v) is 9.13. The van der Waals surface area contributed by atoms with Gasteiger partial charge in [0.15, 0.2) is 0 Å². The third-order valence-electron chi connectivity index (χ3n) is 2.49. The van der Waals surface area contributed by atoms with Crippen LogP contribution in [0.5, 0.6) is 0 Å². The van der Waals surface area contributed by atoms with Gasteiger partial charge in [0.2, 0.25) is 0 Å². The Labute approximate surface area is 122 Å². The highest BCUT2D eigenvalue weighted by atomic mass is 35.7. The summed E-state index contributed by atoms with van der Waals surface area (Å²) in [5, 5.41) is 2.42. The van der Waals surface area contributed by atoms with Gasteiger partial charge in [-0.2, -0.15) is 0 Å². The zero-order valence-corrected chi connectivity index (χ0v) is 13.3. The van der Waals surface area contributed by atoms with Crippen molar-refractivity contribution in [3.05, 3.63) is 29.3 Å². The lowest BCUT2D eigenvalue weighted by Gasteiger charge is -2.08. The van der Waals surface area contributed by atoms with Crippen LogP contribution in [-0.4, -0.2) is 41.3 Å². The minimum absolute atomic E-state index is 0.0467. The van der Waals surface area contributed by atoms with E-state index < -0.39 is 24.8 Å². The highest BCUT2D eigenvalue weighted by Crippen LogP contribution is 2.19. The first-order chi connectivity index (χ1) is 9.00. The largest absolute Gasteiger partial charge is 0.351 e. The lowest BCUT2D eigenvalue weighted by atomic mass is 10.1. The second kappa shape index (κ2) is 6.11. The molecule has 1 aromatic carbocycles. The molecule has 0 saturated heterocycles. The summed E-state index contributed by atoms with van der Waals surface area (Å²) in [7, 11) is -1.89. The van der Waals surface area contributed by atoms with Crippen LogP contribution in [0.1, 0.15) is 15.9 Å². The molecule has 1 N–H and O–H groups in total. The Bertz CT molecular complexity index is 725. The Morgan fingerprint density at radius 1 is 1.25 bits per heavy atom. The van der Waals surface area contributed by atoms with E-state index in [-0.39, 0.29) is 22.8 Å². The van der Waals surface area contributed by atoms with E-state index >= 15 is 0 Å². The highest BCUT2D eigenvalue weighted by Gasteiger charge is 2.16. The van der Waals surface area contributed by atoms with Crippen molar-refractivity contribution in [2.24, 2.45) is 0 Å². The minimum atomic E-state index is -3.92. The number of nitrogens with one attached hydrogen (secondary N) is 1. The number of amides is 1. The van der Waals surface area contributed by atoms with E-state index in [1.165, 1.54) is 12.1 Å². The van der Waals surface area contributed by atoms with Gasteiger partial charge in [0, 0.05) is 29.0 Å². The Hall–Kier alpha value is -1.12. The molecule has 0 atom stereocenters. The van der Waals surface area contributed by atoms with E-state index in [0.29, 0.717) is 5.56 Å². The second-order valence-electron chi connectivity index (χ2n) is 4.30. The van der Waals surface area contributed by atoms with E-state index in [4.69, 9.17) is 10.7 Å². The molecule has 0 unspecified atom stereocenters. The summed E-state index contributed by atoms with van der Waals surface area (Å²) < 4.78 is 44.3. The van der Waals surface area contributed by atoms with Crippen molar-refractivity contribution in [2.75, 3.05) is 18.6 Å². The van der Waals surface area contributed by atoms with Crippen molar-refractivity contribution < 1.29 is 21.6 Å². The van der Waals surface area contributed by atoms with E-state index in [0.717, 1.165) is 12.3 Å². The fraction of sp³-hybridized carbons (Fsp3) is 0.364. The normalized spacial score (nSPS) is 12.2. The number of benzene rings is 1. The first-order valence-corrected chi connectivity index (χ1v) is 9.89. The van der Waals surface area contributed by atoms with Gasteiger partial charge in [-0.05, 0) is 24.6 Å². The molecular weight excluding hydrogens is 326 g/mol. The number of hydrogen-bond donors (Lipinski definition) is 1. The maximum absolute atomic E-state index is 11.9. The standard InChI is InChI=1S/C11H14ClNO5S2/c1-8-3-4-9(20(12,17)18)7-10(8)11(14)13-5-6-19(2,15)16/h3-4,7H,5-6H2,1-2H3,(H,13,14). The summed E-state index contributed by atoms with van der Waals surface area (Å²) in [6.45, 7) is 1.59. The quantitative estimate of drug-likeness (QED) is 0.796. The van der Waals surface area contributed by atoms with Gasteiger partial charge in [-0.15, -0.1) is 0 Å². The summed E-state index contributed by atoms with van der Waals surface area (Å²) in [6, 6.07) is 3.92. The zero-order valence-electron chi connectivity index (χ0n) is 10.9. The molecule has 0 bridgehead atoms. The number of sulfone groups is 1. The van der Waals surface area contributed by atoms with E-state index in [1.54, 1.807) is 6.92 Å². The van der Waals surface area contributed by atoms with Gasteiger partial charge in [0.05, 0.1) is 10.6 Å². The number of hydrogen-bond acceptors (Lipinski definition) is 5. The number of carbonyl (C=O) groups is 1. The fourth-order valence-corrected chi connectivity index (χ4v) is 2.69. The summed E-state index contributed by atoms with van der Waals surface area (Å²) in [4.78, 5) is 11.7. The van der Waals surface area contributed by atoms with Gasteiger partial charge in [0.25, 0.3) is 15.0 Å². The molecule has 0 fully saturated rings. The molecule has 6 nitrogen and oxygen atoms in total. The van der Waals surface area contributed by atoms with Crippen LogP contribution in [0.4, 0.5) is 0 Å². The van der Waals surface area contributed by atoms with Crippen LogP contribution in [0.25, 0.3) is 0 Å². The van der Waals surface area contributed by atoms with Crippen LogP contribution >= 0.6 is 10.7 Å². The zero-order chi connectivity index (χ0) is 15.6. The van der Waals surface area contributed by atoms with E-state index in [9.17, 15) is 21.6 Å². The monoisotopic (exact) mass is 339 g/mol. The maximum atomic E-state index is 11.9. The van der Waals surface area contributed by atoms with Gasteiger partial charge >= 0.3 is 0 Å². The van der Waals surface area contributed by atoms with Crippen LogP contribution in [0.3, 0.4) is 0 Å². The molecule has 0 saturated carbocycles. The summed E-state index contributed by atoms with van der Waals surface area (Å²) in [6.07, 6.45) is 1.06. The predicted octanol–water partition coefficient (Wildman–Crippen LogP) is 0.697. The first-order valence-electron chi connectivity index (χ1n) is 5.52. The molecule has 9 heteroatoms. The van der Waals surface area contributed by atoms with E-state index in [1.807, 2.05) is 0 Å². The van der Waals surface area contributed by atoms with Crippen molar-refractivity contribution in [3.63, 3.8) is 0 Å². The topological polar surface area (TPSA) is 97.4 Å². The SMILES string of the molecule is Cc1ccc(S(=O)(=O)Cl)cc1C(=O)NCCS(C)(=O)=O. The molecule has 0 aliphatic heterocycles. The van der Waals surface area contributed by atoms with Gasteiger partial charge < -0.3 is 5.32 Å². The van der Waals surface area contributed by atoms with Crippen LogP contribution < -0.4 is 5.32 Å². The smallest absolute Gasteiger partial charge is 0.261 e. The number of aryl methyl sites for hydroxylation is 1. The Morgan fingerprint density at radius 3 is 2.35 bits per heavy atom. The average molecular weight is 340 g/mol. The molecule has 1 aromatic rings. The third-order valence-corrected chi connectivity index (χ3v) is 4.79. The lowest BCUT2D eigenvalue weighted by molar-refractivity contribution is 0.0955. The summed E-state index contributed by atoms with van der Waals surface area (Å²) >= 11 is 0. The van der Waals surface area contributed by atoms with Crippen LogP contribution in [0.2, 0.25) is 0 Å². The van der Waals surface area contributed by atoms with Crippen molar-refractivity contribution in [3.8, 4) is 0 Å². The first kappa shape index (κ1) is 16.9. The molecule has 20 heavy (non-hydrogen) atoms. The van der Waals surface area contributed by atoms with Crippen molar-refractivity contribution >= 4 is 35.5 Å². The Balaban J connectivity index is 2.93. The van der Waals surface area contributed by atoms with Crippen LogP contribution in [0.15, 0.2) is 23.1 Å². The van der Waals surface area contributed by atoms with Crippen LogP contribution in [-0.2, 0) is 18.9 Å². The fourth-order valence-electron chi connectivity index (χ4n) is 1.44. The molecule has 1 amide bonds. The van der Waals surface area contributed by atoms with Crippen molar-refractivity contribution in [1.82, 2.24) is 5.32 Å². The van der Waals surface area contributed by atoms with Gasteiger partial charge in [0.1, 0.15) is 9.84 Å². The summed E-state index contributed by atoms with van der Waals surface area (Å²) in [5.41, 5.74) is 0.700. The third kappa shape index (κ3) is 5.10. The molecule has 0 heterocycles. The maximum Gasteiger partial charge on any atom is 0.261 e. The molecule has 0 aliphatic rings. The van der Waals surface area contributed by atoms with Gasteiger partial charge in [-0.1, -0.05) is 6.07 Å². The molecule has 0 radical (unpaired) electrons. The van der Waals surface area contributed by atoms with Crippen molar-refractivity contribution in [2.45, 2.75) is 11.8 Å². The molecule has 0 aromatic heterocycles. The molecular formula is C11H14ClNO5S2. The number of halogens is 1. The number of carbonyl (C=O) groups excluding carboxylic acids is 1. The van der Waals surface area contributed by atoms with E-state index in [2.05, 4.69) is 5.32 Å². The highest BCUT2D eigenvalue weighted by molar-refractivity contribution is 8.13. The Morgan fingerprint density at radius 2 is 1.85 bits per heavy atom. The lowest BCUT2D eigenvalue weighted by Crippen LogP contribution is -2.29. The molecule has 1 rings (SSSR count). The minimum Gasteiger partial charge on any atom is -0.351 e. The molecule has 0 aliphatic carbocycles.